The summed E-state index contributed by atoms with van der Waals surface area (Å²) in [6.45, 7) is 0. The Bertz CT molecular complexity index is 687. The van der Waals surface area contributed by atoms with Crippen LogP contribution in [0.5, 0.6) is 0 Å². The summed E-state index contributed by atoms with van der Waals surface area (Å²) in [5, 5.41) is 14.0. The Balaban J connectivity index is 1.87. The lowest BCUT2D eigenvalue weighted by Gasteiger charge is -2.20. The lowest BCUT2D eigenvalue weighted by molar-refractivity contribution is -0.133. The van der Waals surface area contributed by atoms with Crippen LogP contribution in [-0.4, -0.2) is 20.9 Å². The van der Waals surface area contributed by atoms with Crippen molar-refractivity contribution in [1.82, 2.24) is 15.3 Å². The fourth-order valence-electron chi connectivity index (χ4n) is 2.77. The Hall–Kier alpha value is -2.14. The van der Waals surface area contributed by atoms with Gasteiger partial charge < -0.3 is 0 Å². The highest BCUT2D eigenvalue weighted by Gasteiger charge is 2.21. The largest absolute Gasteiger partial charge is 0.289 e. The molecule has 20 heavy (non-hydrogen) atoms. The van der Waals surface area contributed by atoms with Crippen molar-refractivity contribution in [3.05, 3.63) is 36.0 Å². The van der Waals surface area contributed by atoms with Crippen molar-refractivity contribution in [2.45, 2.75) is 19.3 Å². The number of fused-ring (bicyclic) bond motifs is 1. The van der Waals surface area contributed by atoms with E-state index in [0.29, 0.717) is 6.42 Å². The Morgan fingerprint density at radius 2 is 2.35 bits per heavy atom. The van der Waals surface area contributed by atoms with Gasteiger partial charge in [-0.25, -0.2) is 5.48 Å². The van der Waals surface area contributed by atoms with Gasteiger partial charge in [-0.15, -0.1) is 0 Å². The van der Waals surface area contributed by atoms with Gasteiger partial charge in [-0.05, 0) is 36.5 Å². The third-order valence-electron chi connectivity index (χ3n) is 4.01. The van der Waals surface area contributed by atoms with E-state index in [2.05, 4.69) is 29.4 Å². The number of hydroxylamine groups is 1. The molecule has 2 aromatic rings. The summed E-state index contributed by atoms with van der Waals surface area (Å²) in [5.41, 5.74) is 5.29. The van der Waals surface area contributed by atoms with Gasteiger partial charge in [0.1, 0.15) is 0 Å². The summed E-state index contributed by atoms with van der Waals surface area (Å²) in [5.74, 6) is -0.411. The fraction of sp³-hybridized carbons (Fsp3) is 0.333. The summed E-state index contributed by atoms with van der Waals surface area (Å²) in [7, 11) is 1.93. The van der Waals surface area contributed by atoms with Crippen LogP contribution in [-0.2, 0) is 11.8 Å². The lowest BCUT2D eigenvalue weighted by Crippen LogP contribution is -2.28. The van der Waals surface area contributed by atoms with Crippen molar-refractivity contribution in [2.75, 3.05) is 0 Å². The van der Waals surface area contributed by atoms with Gasteiger partial charge in [0.25, 0.3) is 0 Å². The topological polar surface area (TPSA) is 67.2 Å². The number of hydrogen-bond donors (Lipinski definition) is 2. The van der Waals surface area contributed by atoms with Gasteiger partial charge in [0.05, 0.1) is 11.7 Å². The van der Waals surface area contributed by atoms with Crippen LogP contribution in [0.4, 0.5) is 0 Å². The second-order valence-corrected chi connectivity index (χ2v) is 5.22. The number of hydrogen-bond acceptors (Lipinski definition) is 3. The highest BCUT2D eigenvalue weighted by Crippen LogP contribution is 2.31. The summed E-state index contributed by atoms with van der Waals surface area (Å²) in [4.78, 5) is 11.4. The molecule has 0 saturated heterocycles. The molecule has 1 aliphatic rings. The molecule has 5 nitrogen and oxygen atoms in total. The number of allylic oxidation sites excluding steroid dienone is 2. The molecule has 0 spiro atoms. The zero-order chi connectivity index (χ0) is 14.1. The van der Waals surface area contributed by atoms with E-state index in [4.69, 9.17) is 5.21 Å². The molecule has 0 bridgehead atoms. The SMILES string of the molecule is Cn1ncc2ccc(C3=CCC(C(=O)NO)CC3)cc21. The van der Waals surface area contributed by atoms with Gasteiger partial charge in [0, 0.05) is 18.4 Å². The van der Waals surface area contributed by atoms with Crippen molar-refractivity contribution in [3.63, 3.8) is 0 Å². The average Bonchev–Trinajstić information content (AvgIpc) is 2.87. The molecule has 5 heteroatoms. The van der Waals surface area contributed by atoms with Crippen LogP contribution in [0.3, 0.4) is 0 Å². The number of carbonyl (C=O) groups excluding carboxylic acids is 1. The van der Waals surface area contributed by atoms with Crippen LogP contribution in [0.25, 0.3) is 16.5 Å². The first-order valence-corrected chi connectivity index (χ1v) is 6.74. The fourth-order valence-corrected chi connectivity index (χ4v) is 2.77. The number of aromatic nitrogens is 2. The number of benzene rings is 1. The predicted molar refractivity (Wildman–Crippen MR) is 76.0 cm³/mol. The minimum Gasteiger partial charge on any atom is -0.289 e. The molecule has 1 aliphatic carbocycles. The van der Waals surface area contributed by atoms with Crippen LogP contribution in [0.15, 0.2) is 30.5 Å². The monoisotopic (exact) mass is 271 g/mol. The number of nitrogens with zero attached hydrogens (tertiary/aromatic N) is 2. The number of aryl methyl sites for hydroxylation is 1. The van der Waals surface area contributed by atoms with E-state index >= 15 is 0 Å². The van der Waals surface area contributed by atoms with Gasteiger partial charge in [0.2, 0.25) is 5.91 Å². The minimum absolute atomic E-state index is 0.121. The Labute approximate surface area is 116 Å². The molecular weight excluding hydrogens is 254 g/mol. The minimum atomic E-state index is -0.289. The van der Waals surface area contributed by atoms with Gasteiger partial charge in [-0.2, -0.15) is 5.10 Å². The number of rotatable bonds is 2. The van der Waals surface area contributed by atoms with E-state index in [9.17, 15) is 4.79 Å². The molecule has 1 unspecified atom stereocenters. The smallest absolute Gasteiger partial charge is 0.246 e. The average molecular weight is 271 g/mol. The number of amides is 1. The van der Waals surface area contributed by atoms with Gasteiger partial charge >= 0.3 is 0 Å². The molecule has 2 N–H and O–H groups in total. The second-order valence-electron chi connectivity index (χ2n) is 5.22. The number of carbonyl (C=O) groups is 1. The van der Waals surface area contributed by atoms with Crippen molar-refractivity contribution in [2.24, 2.45) is 13.0 Å². The van der Waals surface area contributed by atoms with E-state index in [1.165, 1.54) is 11.1 Å². The van der Waals surface area contributed by atoms with Crippen LogP contribution in [0, 0.1) is 5.92 Å². The second kappa shape index (κ2) is 5.09. The quantitative estimate of drug-likeness (QED) is 0.650. The van der Waals surface area contributed by atoms with Crippen molar-refractivity contribution in [1.29, 1.82) is 0 Å². The van der Waals surface area contributed by atoms with Gasteiger partial charge in [-0.1, -0.05) is 18.2 Å². The summed E-state index contributed by atoms with van der Waals surface area (Å²) in [6, 6.07) is 6.31. The Morgan fingerprint density at radius 1 is 1.50 bits per heavy atom. The molecule has 1 atom stereocenters. The molecule has 1 aromatic heterocycles. The van der Waals surface area contributed by atoms with E-state index in [1.807, 2.05) is 17.9 Å². The van der Waals surface area contributed by atoms with E-state index in [1.54, 1.807) is 5.48 Å². The molecule has 1 aromatic carbocycles. The molecule has 0 saturated carbocycles. The Morgan fingerprint density at radius 3 is 3.05 bits per heavy atom. The third kappa shape index (κ3) is 2.20. The van der Waals surface area contributed by atoms with Crippen LogP contribution >= 0.6 is 0 Å². The molecule has 1 heterocycles. The maximum atomic E-state index is 11.4. The summed E-state index contributed by atoms with van der Waals surface area (Å²) >= 11 is 0. The standard InChI is InChI=1S/C15H17N3O2/c1-18-14-8-12(6-7-13(14)9-16-18)10-2-4-11(5-3-10)15(19)17-20/h2,6-9,11,20H,3-5H2,1H3,(H,17,19). The molecule has 0 radical (unpaired) electrons. The highest BCUT2D eigenvalue weighted by atomic mass is 16.5. The van der Waals surface area contributed by atoms with Crippen LogP contribution < -0.4 is 5.48 Å². The summed E-state index contributed by atoms with van der Waals surface area (Å²) < 4.78 is 1.87. The van der Waals surface area contributed by atoms with Gasteiger partial charge in [-0.3, -0.25) is 14.7 Å². The van der Waals surface area contributed by atoms with Gasteiger partial charge in [0.15, 0.2) is 0 Å². The zero-order valence-corrected chi connectivity index (χ0v) is 11.3. The van der Waals surface area contributed by atoms with Crippen molar-refractivity contribution < 1.29 is 10.0 Å². The Kier molecular flexibility index (Phi) is 3.28. The van der Waals surface area contributed by atoms with E-state index < -0.39 is 0 Å². The number of nitrogens with one attached hydrogen (secondary N) is 1. The van der Waals surface area contributed by atoms with Crippen molar-refractivity contribution >= 4 is 22.4 Å². The molecular formula is C15H17N3O2. The van der Waals surface area contributed by atoms with E-state index in [0.717, 1.165) is 23.7 Å². The molecule has 1 amide bonds. The third-order valence-corrected chi connectivity index (χ3v) is 4.01. The first-order valence-electron chi connectivity index (χ1n) is 6.74. The maximum absolute atomic E-state index is 11.4. The molecule has 0 aliphatic heterocycles. The maximum Gasteiger partial charge on any atom is 0.246 e. The molecule has 104 valence electrons. The zero-order valence-electron chi connectivity index (χ0n) is 11.3. The van der Waals surface area contributed by atoms with Crippen LogP contribution in [0.2, 0.25) is 0 Å². The highest BCUT2D eigenvalue weighted by molar-refractivity contribution is 5.84. The normalized spacial score (nSPS) is 18.9. The lowest BCUT2D eigenvalue weighted by atomic mass is 9.86. The molecule has 0 fully saturated rings. The van der Waals surface area contributed by atoms with Crippen LogP contribution in [0.1, 0.15) is 24.8 Å². The first kappa shape index (κ1) is 12.9. The van der Waals surface area contributed by atoms with Crippen molar-refractivity contribution in [3.8, 4) is 0 Å². The van der Waals surface area contributed by atoms with E-state index in [-0.39, 0.29) is 11.8 Å². The molecule has 3 rings (SSSR count). The first-order chi connectivity index (χ1) is 9.69. The predicted octanol–water partition coefficient (Wildman–Crippen LogP) is 2.26. The summed E-state index contributed by atoms with van der Waals surface area (Å²) in [6.07, 6.45) is 6.24.